The highest BCUT2D eigenvalue weighted by Crippen LogP contribution is 2.64. The first kappa shape index (κ1) is 17.4. The van der Waals surface area contributed by atoms with E-state index in [1.165, 1.54) is 4.90 Å². The Morgan fingerprint density at radius 1 is 1.18 bits per heavy atom. The standard InChI is InChI=1S/C20H20N2O6/c1-3-27-18(26)20-14-13(19(28-20)10-9-11(2)22(19)17(20)25)15(23)21(16(14)24)12-7-5-4-6-8-12/h4-8,11,13-14H,3,9-10H2,1-2H3/t11-,13-,14+,19+,20-/m0/s1. The average Bonchev–Trinajstić information content (AvgIpc) is 3.34. The second-order valence-corrected chi connectivity index (χ2v) is 7.77. The van der Waals surface area contributed by atoms with E-state index in [-0.39, 0.29) is 12.6 Å². The van der Waals surface area contributed by atoms with E-state index >= 15 is 0 Å². The Hall–Kier alpha value is -2.74. The second-order valence-electron chi connectivity index (χ2n) is 7.77. The van der Waals surface area contributed by atoms with Gasteiger partial charge in [-0.25, -0.2) is 9.69 Å². The highest BCUT2D eigenvalue weighted by Gasteiger charge is 2.86. The Labute approximate surface area is 161 Å². The molecule has 4 saturated heterocycles. The summed E-state index contributed by atoms with van der Waals surface area (Å²) in [5.41, 5.74) is -2.91. The highest BCUT2D eigenvalue weighted by atomic mass is 16.6. The van der Waals surface area contributed by atoms with Crippen molar-refractivity contribution < 1.29 is 28.7 Å². The first-order chi connectivity index (χ1) is 13.4. The summed E-state index contributed by atoms with van der Waals surface area (Å²) in [6, 6.07) is 8.37. The maximum absolute atomic E-state index is 13.4. The molecule has 0 radical (unpaired) electrons. The third kappa shape index (κ3) is 1.70. The third-order valence-electron chi connectivity index (χ3n) is 6.47. The summed E-state index contributed by atoms with van der Waals surface area (Å²) in [4.78, 5) is 55.6. The van der Waals surface area contributed by atoms with Crippen LogP contribution in [0.3, 0.4) is 0 Å². The van der Waals surface area contributed by atoms with E-state index < -0.39 is 46.9 Å². The molecule has 0 aliphatic carbocycles. The Bertz CT molecular complexity index is 917. The number of hydrogen-bond acceptors (Lipinski definition) is 6. The molecule has 5 atom stereocenters. The summed E-state index contributed by atoms with van der Waals surface area (Å²) >= 11 is 0. The molecule has 4 fully saturated rings. The summed E-state index contributed by atoms with van der Waals surface area (Å²) in [6.07, 6.45) is 1.05. The number of carbonyl (C=O) groups excluding carboxylic acids is 4. The largest absolute Gasteiger partial charge is 0.463 e. The fraction of sp³-hybridized carbons (Fsp3) is 0.500. The number of nitrogens with zero attached hydrogens (tertiary/aromatic N) is 2. The van der Waals surface area contributed by atoms with E-state index in [1.54, 1.807) is 37.3 Å². The highest BCUT2D eigenvalue weighted by molar-refractivity contribution is 6.28. The first-order valence-corrected chi connectivity index (χ1v) is 9.54. The van der Waals surface area contributed by atoms with Crippen LogP contribution in [-0.2, 0) is 28.7 Å². The van der Waals surface area contributed by atoms with Crippen molar-refractivity contribution in [2.75, 3.05) is 11.5 Å². The van der Waals surface area contributed by atoms with Crippen LogP contribution in [-0.4, -0.2) is 52.6 Å². The monoisotopic (exact) mass is 384 g/mol. The maximum atomic E-state index is 13.4. The predicted molar refractivity (Wildman–Crippen MR) is 94.6 cm³/mol. The van der Waals surface area contributed by atoms with Crippen molar-refractivity contribution in [2.45, 2.75) is 44.1 Å². The van der Waals surface area contributed by atoms with Crippen LogP contribution in [0.5, 0.6) is 0 Å². The lowest BCUT2D eigenvalue weighted by Crippen LogP contribution is -2.62. The van der Waals surface area contributed by atoms with E-state index in [9.17, 15) is 19.2 Å². The zero-order chi connectivity index (χ0) is 19.8. The van der Waals surface area contributed by atoms with E-state index in [1.807, 2.05) is 6.92 Å². The number of anilines is 1. The number of fused-ring (bicyclic) bond motifs is 3. The Kier molecular flexibility index (Phi) is 3.35. The number of rotatable bonds is 3. The number of amides is 3. The molecule has 1 spiro atoms. The number of hydrogen-bond donors (Lipinski definition) is 0. The molecule has 0 aromatic heterocycles. The molecular formula is C20H20N2O6. The van der Waals surface area contributed by atoms with Gasteiger partial charge in [0.15, 0.2) is 5.72 Å². The Balaban J connectivity index is 1.69. The SMILES string of the molecule is CCOC(=O)[C@@]12O[C@]3(CC[C@H](C)N3C1=O)[C@@H]1C(=O)N(c3ccccc3)C(=O)[C@@H]12. The lowest BCUT2D eigenvalue weighted by atomic mass is 9.74. The Morgan fingerprint density at radius 2 is 1.86 bits per heavy atom. The topological polar surface area (TPSA) is 93.2 Å². The van der Waals surface area contributed by atoms with Crippen molar-refractivity contribution in [3.63, 3.8) is 0 Å². The minimum atomic E-state index is -2.08. The first-order valence-electron chi connectivity index (χ1n) is 9.54. The molecule has 0 saturated carbocycles. The Morgan fingerprint density at radius 3 is 2.54 bits per heavy atom. The molecule has 4 aliphatic heterocycles. The van der Waals surface area contributed by atoms with Gasteiger partial charge in [-0.3, -0.25) is 14.4 Å². The minimum absolute atomic E-state index is 0.0434. The summed E-state index contributed by atoms with van der Waals surface area (Å²) in [6.45, 7) is 3.53. The van der Waals surface area contributed by atoms with Crippen LogP contribution in [0, 0.1) is 11.8 Å². The summed E-state index contributed by atoms with van der Waals surface area (Å²) < 4.78 is 11.2. The van der Waals surface area contributed by atoms with Crippen molar-refractivity contribution in [3.05, 3.63) is 30.3 Å². The van der Waals surface area contributed by atoms with Gasteiger partial charge in [-0.05, 0) is 38.8 Å². The van der Waals surface area contributed by atoms with Gasteiger partial charge in [-0.1, -0.05) is 18.2 Å². The average molecular weight is 384 g/mol. The quantitative estimate of drug-likeness (QED) is 0.436. The smallest absolute Gasteiger partial charge is 0.349 e. The van der Waals surface area contributed by atoms with Gasteiger partial charge in [0.25, 0.3) is 11.5 Å². The zero-order valence-corrected chi connectivity index (χ0v) is 15.6. The molecule has 28 heavy (non-hydrogen) atoms. The lowest BCUT2D eigenvalue weighted by molar-refractivity contribution is -0.176. The number of para-hydroxylation sites is 1. The molecule has 8 heteroatoms. The molecule has 146 valence electrons. The van der Waals surface area contributed by atoms with Crippen LogP contribution in [0.2, 0.25) is 0 Å². The van der Waals surface area contributed by atoms with Crippen molar-refractivity contribution in [3.8, 4) is 0 Å². The van der Waals surface area contributed by atoms with Crippen LogP contribution in [0.4, 0.5) is 5.69 Å². The molecule has 4 heterocycles. The number of carbonyl (C=O) groups is 4. The number of benzene rings is 1. The van der Waals surface area contributed by atoms with Crippen molar-refractivity contribution in [1.29, 1.82) is 0 Å². The maximum Gasteiger partial charge on any atom is 0.349 e. The predicted octanol–water partition coefficient (Wildman–Crippen LogP) is 0.845. The van der Waals surface area contributed by atoms with Gasteiger partial charge in [0, 0.05) is 6.04 Å². The number of ether oxygens (including phenoxy) is 2. The molecule has 0 N–H and O–H groups in total. The van der Waals surface area contributed by atoms with Gasteiger partial charge in [0.2, 0.25) is 11.8 Å². The minimum Gasteiger partial charge on any atom is -0.463 e. The molecule has 5 rings (SSSR count). The zero-order valence-electron chi connectivity index (χ0n) is 15.6. The van der Waals surface area contributed by atoms with Crippen molar-refractivity contribution in [1.82, 2.24) is 4.90 Å². The second kappa shape index (κ2) is 5.41. The van der Waals surface area contributed by atoms with Gasteiger partial charge in [-0.15, -0.1) is 0 Å². The summed E-state index contributed by atoms with van der Waals surface area (Å²) in [7, 11) is 0. The molecule has 1 aromatic rings. The number of imide groups is 1. The van der Waals surface area contributed by atoms with Crippen molar-refractivity contribution in [2.24, 2.45) is 11.8 Å². The van der Waals surface area contributed by atoms with Crippen LogP contribution in [0.15, 0.2) is 30.3 Å². The van der Waals surface area contributed by atoms with Gasteiger partial charge < -0.3 is 14.4 Å². The van der Waals surface area contributed by atoms with Gasteiger partial charge >= 0.3 is 5.97 Å². The molecule has 4 aliphatic rings. The molecule has 2 bridgehead atoms. The molecule has 3 amide bonds. The van der Waals surface area contributed by atoms with E-state index in [0.29, 0.717) is 18.5 Å². The van der Waals surface area contributed by atoms with Crippen LogP contribution in [0.25, 0.3) is 0 Å². The number of esters is 1. The van der Waals surface area contributed by atoms with Crippen LogP contribution in [0.1, 0.15) is 26.7 Å². The van der Waals surface area contributed by atoms with Gasteiger partial charge in [0.1, 0.15) is 11.8 Å². The fourth-order valence-corrected chi connectivity index (χ4v) is 5.44. The molecule has 0 unspecified atom stereocenters. The van der Waals surface area contributed by atoms with Gasteiger partial charge in [0.05, 0.1) is 12.3 Å². The molecule has 1 aromatic carbocycles. The number of piperidine rings is 1. The summed E-state index contributed by atoms with van der Waals surface area (Å²) in [5, 5.41) is 0. The van der Waals surface area contributed by atoms with Gasteiger partial charge in [-0.2, -0.15) is 0 Å². The van der Waals surface area contributed by atoms with Crippen LogP contribution < -0.4 is 4.90 Å². The van der Waals surface area contributed by atoms with Crippen molar-refractivity contribution >= 4 is 29.4 Å². The molecular weight excluding hydrogens is 364 g/mol. The van der Waals surface area contributed by atoms with E-state index in [4.69, 9.17) is 9.47 Å². The van der Waals surface area contributed by atoms with E-state index in [2.05, 4.69) is 0 Å². The molecule has 8 nitrogen and oxygen atoms in total. The van der Waals surface area contributed by atoms with Crippen LogP contribution >= 0.6 is 0 Å². The fourth-order valence-electron chi connectivity index (χ4n) is 5.44. The lowest BCUT2D eigenvalue weighted by Gasteiger charge is -2.37. The summed E-state index contributed by atoms with van der Waals surface area (Å²) in [5.74, 6) is -4.57. The normalized spacial score (nSPS) is 38.2. The van der Waals surface area contributed by atoms with E-state index in [0.717, 1.165) is 4.90 Å². The third-order valence-corrected chi connectivity index (χ3v) is 6.47.